The predicted molar refractivity (Wildman–Crippen MR) is 93.8 cm³/mol. The first-order valence-corrected chi connectivity index (χ1v) is 9.16. The van der Waals surface area contributed by atoms with Crippen LogP contribution in [-0.2, 0) is 23.2 Å². The Morgan fingerprint density at radius 2 is 2.00 bits per heavy atom. The zero-order valence-electron chi connectivity index (χ0n) is 14.6. The molecule has 4 nitrogen and oxygen atoms in total. The molecule has 1 atom stereocenters. The number of nitrogens with zero attached hydrogens (tertiary/aromatic N) is 2. The number of imidazole rings is 1. The van der Waals surface area contributed by atoms with Gasteiger partial charge in [0.25, 0.3) is 0 Å². The van der Waals surface area contributed by atoms with E-state index in [4.69, 9.17) is 0 Å². The van der Waals surface area contributed by atoms with Crippen molar-refractivity contribution in [1.82, 2.24) is 14.9 Å². The van der Waals surface area contributed by atoms with Crippen LogP contribution in [0.3, 0.4) is 0 Å². The van der Waals surface area contributed by atoms with Gasteiger partial charge in [0, 0.05) is 25.2 Å². The Morgan fingerprint density at radius 1 is 1.28 bits per heavy atom. The van der Waals surface area contributed by atoms with Gasteiger partial charge in [-0.2, -0.15) is 0 Å². The fourth-order valence-electron chi connectivity index (χ4n) is 4.42. The highest BCUT2D eigenvalue weighted by atomic mass is 19.1. The molecule has 2 heterocycles. The highest BCUT2D eigenvalue weighted by molar-refractivity contribution is 5.88. The van der Waals surface area contributed by atoms with Crippen LogP contribution in [0.4, 0.5) is 4.39 Å². The summed E-state index contributed by atoms with van der Waals surface area (Å²) in [5, 5.41) is 3.28. The van der Waals surface area contributed by atoms with E-state index >= 15 is 0 Å². The molecule has 1 fully saturated rings. The smallest absolute Gasteiger partial charge is 0.230 e. The molecule has 0 spiro atoms. The Hall–Kier alpha value is -2.17. The Labute approximate surface area is 147 Å². The van der Waals surface area contributed by atoms with Gasteiger partial charge in [-0.15, -0.1) is 0 Å². The minimum Gasteiger partial charge on any atom is -0.351 e. The molecule has 132 valence electrons. The monoisotopic (exact) mass is 341 g/mol. The van der Waals surface area contributed by atoms with Gasteiger partial charge < -0.3 is 9.88 Å². The molecular weight excluding hydrogens is 317 g/mol. The molecule has 1 aromatic carbocycles. The summed E-state index contributed by atoms with van der Waals surface area (Å²) in [6.07, 6.45) is 7.63. The van der Waals surface area contributed by atoms with Crippen LogP contribution >= 0.6 is 0 Å². The molecule has 1 aliphatic heterocycles. The largest absolute Gasteiger partial charge is 0.351 e. The molecule has 1 amide bonds. The Kier molecular flexibility index (Phi) is 4.10. The number of rotatable bonds is 3. The zero-order valence-corrected chi connectivity index (χ0v) is 14.6. The van der Waals surface area contributed by atoms with Gasteiger partial charge in [-0.3, -0.25) is 4.79 Å². The van der Waals surface area contributed by atoms with Gasteiger partial charge in [0.1, 0.15) is 11.6 Å². The highest BCUT2D eigenvalue weighted by Crippen LogP contribution is 2.41. The topological polar surface area (TPSA) is 46.9 Å². The van der Waals surface area contributed by atoms with Gasteiger partial charge in [-0.05, 0) is 43.9 Å². The number of fused-ring (bicyclic) bond motifs is 1. The zero-order chi connectivity index (χ0) is 17.4. The van der Waals surface area contributed by atoms with Gasteiger partial charge in [-0.25, -0.2) is 9.37 Å². The molecule has 0 bridgehead atoms. The van der Waals surface area contributed by atoms with E-state index < -0.39 is 5.41 Å². The molecule has 2 aliphatic rings. The molecule has 1 N–H and O–H groups in total. The molecule has 1 saturated carbocycles. The molecule has 25 heavy (non-hydrogen) atoms. The summed E-state index contributed by atoms with van der Waals surface area (Å²) in [6, 6.07) is 6.61. The van der Waals surface area contributed by atoms with Gasteiger partial charge >= 0.3 is 0 Å². The lowest BCUT2D eigenvalue weighted by Crippen LogP contribution is -2.49. The van der Waals surface area contributed by atoms with E-state index in [1.807, 2.05) is 6.92 Å². The first kappa shape index (κ1) is 16.3. The van der Waals surface area contributed by atoms with Crippen molar-refractivity contribution >= 4 is 5.91 Å². The lowest BCUT2D eigenvalue weighted by molar-refractivity contribution is -0.127. The molecule has 1 aliphatic carbocycles. The van der Waals surface area contributed by atoms with Crippen LogP contribution in [0.15, 0.2) is 30.5 Å². The number of nitrogens with one attached hydrogen (secondary N) is 1. The second-order valence-electron chi connectivity index (χ2n) is 7.46. The molecule has 2 aromatic rings. The first-order chi connectivity index (χ1) is 12.1. The summed E-state index contributed by atoms with van der Waals surface area (Å²) >= 11 is 0. The van der Waals surface area contributed by atoms with Crippen molar-refractivity contribution in [3.8, 4) is 0 Å². The summed E-state index contributed by atoms with van der Waals surface area (Å²) < 4.78 is 15.5. The minimum atomic E-state index is -0.501. The van der Waals surface area contributed by atoms with Crippen molar-refractivity contribution in [3.05, 3.63) is 53.4 Å². The van der Waals surface area contributed by atoms with E-state index in [1.165, 1.54) is 12.1 Å². The number of benzene rings is 1. The van der Waals surface area contributed by atoms with E-state index in [0.717, 1.165) is 62.2 Å². The van der Waals surface area contributed by atoms with Crippen LogP contribution in [0, 0.1) is 12.7 Å². The molecule has 0 radical (unpaired) electrons. The Balaban J connectivity index is 1.53. The maximum absolute atomic E-state index is 13.3. The highest BCUT2D eigenvalue weighted by Gasteiger charge is 2.43. The average Bonchev–Trinajstić information content (AvgIpc) is 3.21. The number of carbonyl (C=O) groups is 1. The maximum atomic E-state index is 13.3. The van der Waals surface area contributed by atoms with Crippen LogP contribution in [0.5, 0.6) is 0 Å². The van der Waals surface area contributed by atoms with E-state index in [-0.39, 0.29) is 17.8 Å². The normalized spacial score (nSPS) is 21.8. The van der Waals surface area contributed by atoms with Crippen LogP contribution in [0.2, 0.25) is 0 Å². The third-order valence-electron chi connectivity index (χ3n) is 5.74. The summed E-state index contributed by atoms with van der Waals surface area (Å²) in [7, 11) is 0. The van der Waals surface area contributed by atoms with Crippen LogP contribution in [-0.4, -0.2) is 21.5 Å². The number of aromatic nitrogens is 2. The minimum absolute atomic E-state index is 0.0990. The maximum Gasteiger partial charge on any atom is 0.230 e. The lowest BCUT2D eigenvalue weighted by Gasteiger charge is -2.32. The summed E-state index contributed by atoms with van der Waals surface area (Å²) in [6.45, 7) is 2.78. The molecule has 5 heteroatoms. The fraction of sp³-hybridized carbons (Fsp3) is 0.500. The van der Waals surface area contributed by atoms with Crippen molar-refractivity contribution in [2.45, 2.75) is 63.5 Å². The SMILES string of the molecule is Cc1cn2c(n1)CC[C@H](NC(=O)C1(c3ccc(F)cc3)CCCC1)C2. The quantitative estimate of drug-likeness (QED) is 0.931. The van der Waals surface area contributed by atoms with Crippen molar-refractivity contribution in [1.29, 1.82) is 0 Å². The van der Waals surface area contributed by atoms with E-state index in [0.29, 0.717) is 0 Å². The van der Waals surface area contributed by atoms with Crippen molar-refractivity contribution < 1.29 is 9.18 Å². The summed E-state index contributed by atoms with van der Waals surface area (Å²) in [5.74, 6) is 0.951. The predicted octanol–water partition coefficient (Wildman–Crippen LogP) is 3.27. The molecule has 4 rings (SSSR count). The van der Waals surface area contributed by atoms with Crippen LogP contribution in [0.25, 0.3) is 0 Å². The number of hydrogen-bond donors (Lipinski definition) is 1. The van der Waals surface area contributed by atoms with E-state index in [1.54, 1.807) is 12.1 Å². The molecule has 1 aromatic heterocycles. The van der Waals surface area contributed by atoms with Crippen molar-refractivity contribution in [2.75, 3.05) is 0 Å². The third-order valence-corrected chi connectivity index (χ3v) is 5.74. The molecular formula is C20H24FN3O. The standard InChI is InChI=1S/C20H24FN3O/c1-14-12-24-13-17(8-9-18(24)22-14)23-19(25)20(10-2-3-11-20)15-4-6-16(21)7-5-15/h4-7,12,17H,2-3,8-11,13H2,1H3,(H,23,25)/t17-/m0/s1. The van der Waals surface area contributed by atoms with Crippen LogP contribution < -0.4 is 5.32 Å². The van der Waals surface area contributed by atoms with Gasteiger partial charge in [0.05, 0.1) is 11.1 Å². The third kappa shape index (κ3) is 2.96. The van der Waals surface area contributed by atoms with Gasteiger partial charge in [0.2, 0.25) is 5.91 Å². The molecule has 0 unspecified atom stereocenters. The van der Waals surface area contributed by atoms with Crippen LogP contribution in [0.1, 0.15) is 49.2 Å². The molecule has 0 saturated heterocycles. The summed E-state index contributed by atoms with van der Waals surface area (Å²) in [4.78, 5) is 17.7. The second kappa shape index (κ2) is 6.28. The van der Waals surface area contributed by atoms with Crippen molar-refractivity contribution in [3.63, 3.8) is 0 Å². The number of amides is 1. The lowest BCUT2D eigenvalue weighted by atomic mass is 9.77. The van der Waals surface area contributed by atoms with E-state index in [9.17, 15) is 9.18 Å². The first-order valence-electron chi connectivity index (χ1n) is 9.16. The average molecular weight is 341 g/mol. The number of carbonyl (C=O) groups excluding carboxylic acids is 1. The van der Waals surface area contributed by atoms with Crippen molar-refractivity contribution in [2.24, 2.45) is 0 Å². The van der Waals surface area contributed by atoms with Gasteiger partial charge in [0.15, 0.2) is 0 Å². The summed E-state index contributed by atoms with van der Waals surface area (Å²) in [5.41, 5.74) is 1.47. The van der Waals surface area contributed by atoms with E-state index in [2.05, 4.69) is 21.1 Å². The Morgan fingerprint density at radius 3 is 2.72 bits per heavy atom. The number of aryl methyl sites for hydroxylation is 2. The Bertz CT molecular complexity index is 775. The second-order valence-corrected chi connectivity index (χ2v) is 7.46. The number of halogens is 1. The van der Waals surface area contributed by atoms with Gasteiger partial charge in [-0.1, -0.05) is 25.0 Å². The number of hydrogen-bond acceptors (Lipinski definition) is 2. The fourth-order valence-corrected chi connectivity index (χ4v) is 4.42.